The van der Waals surface area contributed by atoms with Crippen molar-refractivity contribution in [1.82, 2.24) is 14.0 Å². The van der Waals surface area contributed by atoms with Crippen LogP contribution in [0.25, 0.3) is 17.2 Å². The SMILES string of the molecule is Cc1c[n+](C)c(-c2cn3ccnc3n2C)cc1C1CCCC1. The molecule has 3 aromatic rings. The lowest BCUT2D eigenvalue weighted by Gasteiger charge is -2.13. The lowest BCUT2D eigenvalue weighted by molar-refractivity contribution is -0.661. The fraction of sp³-hybridized carbons (Fsp3) is 0.444. The van der Waals surface area contributed by atoms with Crippen LogP contribution in [0.15, 0.2) is 30.9 Å². The van der Waals surface area contributed by atoms with Crippen LogP contribution in [0.3, 0.4) is 0 Å². The maximum absolute atomic E-state index is 4.43. The van der Waals surface area contributed by atoms with E-state index in [0.717, 1.165) is 11.7 Å². The molecule has 3 aromatic heterocycles. The van der Waals surface area contributed by atoms with Crippen molar-refractivity contribution in [3.05, 3.63) is 42.0 Å². The van der Waals surface area contributed by atoms with Gasteiger partial charge in [-0.1, -0.05) is 12.8 Å². The molecule has 0 bridgehead atoms. The summed E-state index contributed by atoms with van der Waals surface area (Å²) in [4.78, 5) is 4.43. The van der Waals surface area contributed by atoms with Gasteiger partial charge in [0, 0.05) is 37.3 Å². The highest BCUT2D eigenvalue weighted by Crippen LogP contribution is 2.36. The number of fused-ring (bicyclic) bond motifs is 1. The van der Waals surface area contributed by atoms with E-state index in [1.165, 1.54) is 48.2 Å². The summed E-state index contributed by atoms with van der Waals surface area (Å²) in [6.07, 6.45) is 13.7. The average Bonchev–Trinajstić information content (AvgIpc) is 3.19. The van der Waals surface area contributed by atoms with Crippen molar-refractivity contribution in [2.24, 2.45) is 14.1 Å². The number of pyridine rings is 1. The van der Waals surface area contributed by atoms with Gasteiger partial charge in [-0.3, -0.25) is 4.40 Å². The highest BCUT2D eigenvalue weighted by Gasteiger charge is 2.24. The maximum Gasteiger partial charge on any atom is 0.230 e. The number of hydrogen-bond donors (Lipinski definition) is 0. The average molecular weight is 295 g/mol. The Balaban J connectivity index is 1.88. The van der Waals surface area contributed by atoms with Crippen molar-refractivity contribution in [2.45, 2.75) is 38.5 Å². The first kappa shape index (κ1) is 13.6. The molecule has 0 aromatic carbocycles. The molecule has 0 aliphatic heterocycles. The fourth-order valence-corrected chi connectivity index (χ4v) is 3.96. The molecule has 0 atom stereocenters. The van der Waals surface area contributed by atoms with E-state index in [2.05, 4.69) is 58.0 Å². The van der Waals surface area contributed by atoms with Crippen molar-refractivity contribution >= 4 is 5.78 Å². The Kier molecular flexibility index (Phi) is 3.06. The largest absolute Gasteiger partial charge is 0.308 e. The zero-order chi connectivity index (χ0) is 15.3. The van der Waals surface area contributed by atoms with Gasteiger partial charge in [0.25, 0.3) is 0 Å². The molecule has 1 aliphatic carbocycles. The molecule has 0 amide bonds. The number of aromatic nitrogens is 4. The van der Waals surface area contributed by atoms with Crippen LogP contribution in [-0.2, 0) is 14.1 Å². The maximum atomic E-state index is 4.43. The Bertz CT molecular complexity index is 834. The van der Waals surface area contributed by atoms with Gasteiger partial charge >= 0.3 is 0 Å². The zero-order valence-electron chi connectivity index (χ0n) is 13.6. The molecule has 0 saturated heterocycles. The van der Waals surface area contributed by atoms with Gasteiger partial charge in [0.2, 0.25) is 11.5 Å². The molecule has 0 spiro atoms. The normalized spacial score (nSPS) is 16.0. The smallest absolute Gasteiger partial charge is 0.230 e. The summed E-state index contributed by atoms with van der Waals surface area (Å²) >= 11 is 0. The molecule has 0 N–H and O–H groups in total. The van der Waals surface area contributed by atoms with E-state index in [1.54, 1.807) is 0 Å². The molecular formula is C18H23N4+. The molecular weight excluding hydrogens is 272 g/mol. The predicted molar refractivity (Wildman–Crippen MR) is 86.7 cm³/mol. The second-order valence-corrected chi connectivity index (χ2v) is 6.60. The quantitative estimate of drug-likeness (QED) is 0.667. The first-order chi connectivity index (χ1) is 10.6. The summed E-state index contributed by atoms with van der Waals surface area (Å²) in [5, 5.41) is 0. The first-order valence-corrected chi connectivity index (χ1v) is 8.14. The minimum absolute atomic E-state index is 0.740. The van der Waals surface area contributed by atoms with Gasteiger partial charge in [0.05, 0.1) is 0 Å². The third-order valence-corrected chi connectivity index (χ3v) is 5.14. The monoisotopic (exact) mass is 295 g/mol. The summed E-state index contributed by atoms with van der Waals surface area (Å²) in [5.41, 5.74) is 5.42. The highest BCUT2D eigenvalue weighted by molar-refractivity contribution is 5.57. The van der Waals surface area contributed by atoms with Gasteiger partial charge in [-0.05, 0) is 31.2 Å². The highest BCUT2D eigenvalue weighted by atomic mass is 15.2. The standard InChI is InChI=1S/C18H23N4/c1-13-11-20(2)16(10-15(13)14-6-4-5-7-14)17-12-22-9-8-19-18(22)21(17)3/h8-12,14H,4-7H2,1-3H3/q+1. The lowest BCUT2D eigenvalue weighted by Crippen LogP contribution is -2.32. The van der Waals surface area contributed by atoms with Crippen LogP contribution in [0.5, 0.6) is 0 Å². The molecule has 22 heavy (non-hydrogen) atoms. The number of aryl methyl sites for hydroxylation is 3. The molecule has 114 valence electrons. The van der Waals surface area contributed by atoms with Gasteiger partial charge in [-0.2, -0.15) is 4.57 Å². The van der Waals surface area contributed by atoms with Crippen LogP contribution < -0.4 is 4.57 Å². The number of rotatable bonds is 2. The third kappa shape index (κ3) is 1.97. The Labute approximate surface area is 131 Å². The van der Waals surface area contributed by atoms with Crippen LogP contribution in [0, 0.1) is 6.92 Å². The van der Waals surface area contributed by atoms with Gasteiger partial charge in [0.1, 0.15) is 12.7 Å². The Morgan fingerprint density at radius 2 is 2.05 bits per heavy atom. The minimum atomic E-state index is 0.740. The molecule has 1 saturated carbocycles. The first-order valence-electron chi connectivity index (χ1n) is 8.14. The van der Waals surface area contributed by atoms with E-state index >= 15 is 0 Å². The Morgan fingerprint density at radius 3 is 2.77 bits per heavy atom. The summed E-state index contributed by atoms with van der Waals surface area (Å²) in [6, 6.07) is 2.40. The molecule has 3 heterocycles. The van der Waals surface area contributed by atoms with Crippen LogP contribution in [0.4, 0.5) is 0 Å². The molecule has 0 unspecified atom stereocenters. The second kappa shape index (κ2) is 4.97. The molecule has 1 fully saturated rings. The van der Waals surface area contributed by atoms with Gasteiger partial charge in [-0.25, -0.2) is 4.98 Å². The van der Waals surface area contributed by atoms with E-state index in [0.29, 0.717) is 0 Å². The van der Waals surface area contributed by atoms with E-state index in [1.807, 2.05) is 12.4 Å². The van der Waals surface area contributed by atoms with Crippen molar-refractivity contribution in [1.29, 1.82) is 0 Å². The summed E-state index contributed by atoms with van der Waals surface area (Å²) in [6.45, 7) is 2.25. The van der Waals surface area contributed by atoms with E-state index in [4.69, 9.17) is 0 Å². The summed E-state index contributed by atoms with van der Waals surface area (Å²) < 4.78 is 6.50. The number of hydrogen-bond acceptors (Lipinski definition) is 1. The summed E-state index contributed by atoms with van der Waals surface area (Å²) in [5.74, 6) is 1.72. The van der Waals surface area contributed by atoms with Crippen LogP contribution >= 0.6 is 0 Å². The summed E-state index contributed by atoms with van der Waals surface area (Å²) in [7, 11) is 4.23. The van der Waals surface area contributed by atoms with Crippen LogP contribution in [0.2, 0.25) is 0 Å². The Hall–Kier alpha value is -2.10. The second-order valence-electron chi connectivity index (χ2n) is 6.60. The van der Waals surface area contributed by atoms with E-state index in [9.17, 15) is 0 Å². The number of imidazole rings is 2. The van der Waals surface area contributed by atoms with E-state index in [-0.39, 0.29) is 0 Å². The molecule has 1 aliphatic rings. The molecule has 4 rings (SSSR count). The zero-order valence-corrected chi connectivity index (χ0v) is 13.6. The lowest BCUT2D eigenvalue weighted by atomic mass is 9.93. The van der Waals surface area contributed by atoms with Gasteiger partial charge in [0.15, 0.2) is 6.20 Å². The minimum Gasteiger partial charge on any atom is -0.308 e. The van der Waals surface area contributed by atoms with Crippen molar-refractivity contribution in [2.75, 3.05) is 0 Å². The van der Waals surface area contributed by atoms with Crippen molar-refractivity contribution in [3.8, 4) is 11.4 Å². The van der Waals surface area contributed by atoms with Crippen LogP contribution in [-0.4, -0.2) is 14.0 Å². The molecule has 0 radical (unpaired) electrons. The van der Waals surface area contributed by atoms with Crippen molar-refractivity contribution in [3.63, 3.8) is 0 Å². The van der Waals surface area contributed by atoms with Gasteiger partial charge < -0.3 is 4.57 Å². The van der Waals surface area contributed by atoms with Crippen molar-refractivity contribution < 1.29 is 4.57 Å². The van der Waals surface area contributed by atoms with Crippen LogP contribution in [0.1, 0.15) is 42.7 Å². The van der Waals surface area contributed by atoms with E-state index < -0.39 is 0 Å². The predicted octanol–water partition coefficient (Wildman–Crippen LogP) is 3.13. The topological polar surface area (TPSA) is 26.1 Å². The fourth-order valence-electron chi connectivity index (χ4n) is 3.96. The third-order valence-electron chi connectivity index (χ3n) is 5.14. The molecule has 4 heteroatoms. The van der Waals surface area contributed by atoms with Gasteiger partial charge in [-0.15, -0.1) is 0 Å². The Morgan fingerprint density at radius 1 is 1.27 bits per heavy atom. The molecule has 4 nitrogen and oxygen atoms in total. The number of nitrogens with zero attached hydrogens (tertiary/aromatic N) is 4.